The Kier molecular flexibility index (Phi) is 22.2. The lowest BCUT2D eigenvalue weighted by molar-refractivity contribution is -0.143. The molecule has 0 aromatic heterocycles. The molecule has 2 saturated carbocycles. The zero-order valence-electron chi connectivity index (χ0n) is 44.4. The van der Waals surface area contributed by atoms with Gasteiger partial charge in [-0.25, -0.2) is 0 Å². The van der Waals surface area contributed by atoms with E-state index in [0.717, 1.165) is 43.2 Å². The number of nitrogens with zero attached hydrogens (tertiary/aromatic N) is 2. The molecule has 7 rings (SSSR count). The maximum atomic E-state index is 14.5. The Labute approximate surface area is 442 Å². The highest BCUT2D eigenvalue weighted by atomic mass is 16.2. The Morgan fingerprint density at radius 3 is 1.47 bits per heavy atom. The van der Waals surface area contributed by atoms with Gasteiger partial charge in [-0.3, -0.25) is 38.4 Å². The van der Waals surface area contributed by atoms with Crippen LogP contribution in [-0.4, -0.2) is 134 Å². The summed E-state index contributed by atoms with van der Waals surface area (Å²) in [6.07, 6.45) is 12.1. The van der Waals surface area contributed by atoms with E-state index in [1.165, 1.54) is 66.2 Å². The summed E-state index contributed by atoms with van der Waals surface area (Å²) < 4.78 is 0. The molecule has 2 aliphatic heterocycles. The van der Waals surface area contributed by atoms with Crippen molar-refractivity contribution < 1.29 is 38.4 Å². The van der Waals surface area contributed by atoms with Gasteiger partial charge < -0.3 is 52.3 Å². The van der Waals surface area contributed by atoms with Crippen molar-refractivity contribution in [3.05, 3.63) is 107 Å². The first kappa shape index (κ1) is 57.6. The van der Waals surface area contributed by atoms with E-state index in [0.29, 0.717) is 24.9 Å². The number of carbonyl (C=O) groups is 8. The molecule has 8 amide bonds. The highest BCUT2D eigenvalue weighted by molar-refractivity contribution is 5.99. The number of hydrogen-bond acceptors (Lipinski definition) is 10. The van der Waals surface area contributed by atoms with Crippen LogP contribution in [0.4, 0.5) is 0 Å². The molecule has 3 aromatic rings. The Bertz CT molecular complexity index is 2360. The maximum Gasteiger partial charge on any atom is 0.251 e. The molecule has 2 heterocycles. The quantitative estimate of drug-likeness (QED) is 0.0756. The number of rotatable bonds is 20. The smallest absolute Gasteiger partial charge is 0.251 e. The first-order valence-corrected chi connectivity index (χ1v) is 27.0. The van der Waals surface area contributed by atoms with E-state index in [1.54, 1.807) is 14.1 Å². The van der Waals surface area contributed by atoms with E-state index < -0.39 is 42.0 Å². The van der Waals surface area contributed by atoms with Gasteiger partial charge in [0.25, 0.3) is 11.8 Å². The van der Waals surface area contributed by atoms with Crippen molar-refractivity contribution in [1.82, 2.24) is 52.3 Å². The number of hydrogen-bond donors (Lipinski definition) is 8. The van der Waals surface area contributed by atoms with E-state index in [-0.39, 0.29) is 91.1 Å². The molecule has 75 heavy (non-hydrogen) atoms. The van der Waals surface area contributed by atoms with Gasteiger partial charge in [0.1, 0.15) is 18.1 Å². The highest BCUT2D eigenvalue weighted by Gasteiger charge is 2.45. The van der Waals surface area contributed by atoms with Gasteiger partial charge in [-0.15, -0.1) is 0 Å². The van der Waals surface area contributed by atoms with Crippen LogP contribution in [0.5, 0.6) is 0 Å². The van der Waals surface area contributed by atoms with Crippen molar-refractivity contribution in [3.63, 3.8) is 0 Å². The van der Waals surface area contributed by atoms with Crippen LogP contribution in [0.2, 0.25) is 0 Å². The molecule has 18 nitrogen and oxygen atoms in total. The zero-order valence-corrected chi connectivity index (χ0v) is 44.4. The first-order chi connectivity index (χ1) is 36.2. The fraction of sp³-hybridized carbons (Fsp3) is 0.544. The molecule has 0 radical (unpaired) electrons. The summed E-state index contributed by atoms with van der Waals surface area (Å²) in [4.78, 5) is 108. The first-order valence-electron chi connectivity index (χ1n) is 27.0. The van der Waals surface area contributed by atoms with Crippen molar-refractivity contribution >= 4 is 47.8 Å². The Balaban J connectivity index is 0.000000565. The average Bonchev–Trinajstić information content (AvgIpc) is 4.05. The molecule has 8 N–H and O–H groups in total. The average molecular weight is 1030 g/mol. The summed E-state index contributed by atoms with van der Waals surface area (Å²) in [5.41, 5.74) is 2.40. The number of nitrogens with one attached hydrogen (secondary N) is 8. The van der Waals surface area contributed by atoms with E-state index in [4.69, 9.17) is 0 Å². The fourth-order valence-electron chi connectivity index (χ4n) is 11.0. The molecule has 4 fully saturated rings. The SMILES string of the molecule is CNCC(=O)NC(C(=O)N1CC(NC(=O)c2ccc(C(=O)NC3CC(C(=O)NC(C)c4ccccc4)N(C=O)C3)cc2)CC1C(=O)NC(C)c1ccccc1)C1CCCCC1.CNCC(=O)NC(C)C1CCCCC1. The van der Waals surface area contributed by atoms with Crippen LogP contribution in [0, 0.1) is 11.8 Å². The molecule has 8 atom stereocenters. The van der Waals surface area contributed by atoms with Gasteiger partial charge in [0.15, 0.2) is 0 Å². The van der Waals surface area contributed by atoms with Gasteiger partial charge in [-0.1, -0.05) is 99.2 Å². The van der Waals surface area contributed by atoms with Crippen LogP contribution in [0.1, 0.15) is 142 Å². The van der Waals surface area contributed by atoms with Gasteiger partial charge >= 0.3 is 0 Å². The van der Waals surface area contributed by atoms with Crippen molar-refractivity contribution in [2.24, 2.45) is 11.8 Å². The molecular formula is C57H80N10O8. The van der Waals surface area contributed by atoms with Gasteiger partial charge in [0.2, 0.25) is 35.9 Å². The standard InChI is InChI=1S/C46H58N8O7.C11H22N2O/c1-29(31-13-7-4-8-14-31)48-44(59)38-23-36(26-53(38)28-55)50-42(57)34-19-21-35(22-20-34)43(58)51-37-24-39(45(60)49-30(2)32-15-9-5-10-16-32)54(27-37)46(61)41(52-40(56)25-47-3)33-17-11-6-12-18-33;1-9(13-11(14)8-12-2)10-6-4-3-5-7-10/h4-5,7-10,13-16,19-22,28-30,33,36-39,41,47H,6,11-12,17-18,23-27H2,1-3H3,(H,48,59)(H,49,60)(H,50,57)(H,51,58)(H,52,56);9-10,12H,3-8H2,1-2H3,(H,13,14). The van der Waals surface area contributed by atoms with Gasteiger partial charge in [-0.05, 0) is 121 Å². The molecular weight excluding hydrogens is 953 g/mol. The molecule has 8 unspecified atom stereocenters. The third kappa shape index (κ3) is 16.7. The third-order valence-electron chi connectivity index (χ3n) is 15.2. The monoisotopic (exact) mass is 1030 g/mol. The molecule has 18 heteroatoms. The molecule has 2 saturated heterocycles. The normalized spacial score (nSPS) is 21.5. The Hall–Kier alpha value is -6.66. The summed E-state index contributed by atoms with van der Waals surface area (Å²) in [6.45, 7) is 6.58. The molecule has 0 spiro atoms. The second-order valence-corrected chi connectivity index (χ2v) is 20.8. The number of benzene rings is 3. The third-order valence-corrected chi connectivity index (χ3v) is 15.2. The molecule has 4 aliphatic rings. The maximum absolute atomic E-state index is 14.5. The number of amides is 8. The van der Waals surface area contributed by atoms with Crippen LogP contribution in [0.15, 0.2) is 84.9 Å². The minimum atomic E-state index is -0.897. The lowest BCUT2D eigenvalue weighted by Gasteiger charge is -2.35. The summed E-state index contributed by atoms with van der Waals surface area (Å²) in [5.74, 6) is -1.43. The van der Waals surface area contributed by atoms with E-state index in [9.17, 15) is 38.4 Å². The summed E-state index contributed by atoms with van der Waals surface area (Å²) in [7, 11) is 3.46. The Morgan fingerprint density at radius 1 is 0.547 bits per heavy atom. The molecule has 2 aliphatic carbocycles. The highest BCUT2D eigenvalue weighted by Crippen LogP contribution is 2.31. The second-order valence-electron chi connectivity index (χ2n) is 20.8. The number of carbonyl (C=O) groups excluding carboxylic acids is 8. The van der Waals surface area contributed by atoms with Crippen molar-refractivity contribution in [2.45, 2.75) is 146 Å². The summed E-state index contributed by atoms with van der Waals surface area (Å²) >= 11 is 0. The largest absolute Gasteiger partial charge is 0.352 e. The van der Waals surface area contributed by atoms with E-state index in [2.05, 4.69) is 49.5 Å². The lowest BCUT2D eigenvalue weighted by atomic mass is 9.83. The minimum absolute atomic E-state index is 0.0433. The van der Waals surface area contributed by atoms with E-state index in [1.807, 2.05) is 74.5 Å². The van der Waals surface area contributed by atoms with Crippen LogP contribution in [-0.2, 0) is 28.8 Å². The Morgan fingerprint density at radius 2 is 0.987 bits per heavy atom. The molecule has 0 bridgehead atoms. The molecule has 3 aromatic carbocycles. The van der Waals surface area contributed by atoms with Crippen LogP contribution >= 0.6 is 0 Å². The predicted molar refractivity (Wildman–Crippen MR) is 287 cm³/mol. The van der Waals surface area contributed by atoms with Crippen molar-refractivity contribution in [1.29, 1.82) is 0 Å². The number of likely N-dealkylation sites (N-methyl/N-ethyl adjacent to an activating group) is 2. The van der Waals surface area contributed by atoms with E-state index >= 15 is 0 Å². The fourth-order valence-corrected chi connectivity index (χ4v) is 11.0. The van der Waals surface area contributed by atoms with Crippen molar-refractivity contribution in [3.8, 4) is 0 Å². The van der Waals surface area contributed by atoms with Crippen molar-refractivity contribution in [2.75, 3.05) is 40.3 Å². The summed E-state index contributed by atoms with van der Waals surface area (Å²) in [5, 5.41) is 23.6. The summed E-state index contributed by atoms with van der Waals surface area (Å²) in [6, 6.07) is 21.3. The topological polar surface area (TPSA) is 239 Å². The van der Waals surface area contributed by atoms with Crippen LogP contribution in [0.3, 0.4) is 0 Å². The van der Waals surface area contributed by atoms with Gasteiger partial charge in [-0.2, -0.15) is 0 Å². The predicted octanol–water partition coefficient (Wildman–Crippen LogP) is 4.05. The lowest BCUT2D eigenvalue weighted by Crippen LogP contribution is -2.57. The zero-order chi connectivity index (χ0) is 53.9. The second kappa shape index (κ2) is 28.9. The van der Waals surface area contributed by atoms with Crippen LogP contribution in [0.25, 0.3) is 0 Å². The molecule has 406 valence electrons. The van der Waals surface area contributed by atoms with Gasteiger partial charge in [0, 0.05) is 42.3 Å². The van der Waals surface area contributed by atoms with Gasteiger partial charge in [0.05, 0.1) is 25.2 Å². The number of likely N-dealkylation sites (tertiary alicyclic amines) is 2. The minimum Gasteiger partial charge on any atom is -0.352 e. The van der Waals surface area contributed by atoms with Crippen LogP contribution < -0.4 is 42.5 Å².